The Morgan fingerprint density at radius 3 is 2.30 bits per heavy atom. The highest BCUT2D eigenvalue weighted by molar-refractivity contribution is 5.90. The maximum atomic E-state index is 13.8. The van der Waals surface area contributed by atoms with Crippen LogP contribution in [0.5, 0.6) is 0 Å². The van der Waals surface area contributed by atoms with Crippen molar-refractivity contribution in [3.05, 3.63) is 63.6 Å². The average molecular weight is 279 g/mol. The molecule has 0 saturated heterocycles. The van der Waals surface area contributed by atoms with Gasteiger partial charge in [-0.2, -0.15) is 0 Å². The summed E-state index contributed by atoms with van der Waals surface area (Å²) in [4.78, 5) is 23.5. The maximum absolute atomic E-state index is 13.8. The van der Waals surface area contributed by atoms with Crippen LogP contribution in [0.25, 0.3) is 5.69 Å². The van der Waals surface area contributed by atoms with E-state index in [1.54, 1.807) is 0 Å². The van der Waals surface area contributed by atoms with Crippen LogP contribution in [0.15, 0.2) is 35.1 Å². The lowest BCUT2D eigenvalue weighted by atomic mass is 10.1. The van der Waals surface area contributed by atoms with Crippen LogP contribution in [0.3, 0.4) is 0 Å². The van der Waals surface area contributed by atoms with Crippen LogP contribution >= 0.6 is 0 Å². The van der Waals surface area contributed by atoms with Crippen molar-refractivity contribution < 1.29 is 18.3 Å². The fourth-order valence-electron chi connectivity index (χ4n) is 1.94. The second-order valence-corrected chi connectivity index (χ2v) is 4.07. The van der Waals surface area contributed by atoms with Gasteiger partial charge in [0.25, 0.3) is 5.56 Å². The van der Waals surface area contributed by atoms with Gasteiger partial charge in [0.05, 0.1) is 12.7 Å². The van der Waals surface area contributed by atoms with Crippen molar-refractivity contribution in [2.45, 2.75) is 6.92 Å². The summed E-state index contributed by atoms with van der Waals surface area (Å²) < 4.78 is 33.0. The first-order valence-electron chi connectivity index (χ1n) is 5.72. The van der Waals surface area contributed by atoms with Crippen molar-refractivity contribution in [2.75, 3.05) is 7.11 Å². The molecule has 1 aromatic heterocycles. The van der Waals surface area contributed by atoms with Gasteiger partial charge in [-0.25, -0.2) is 13.6 Å². The number of carbonyl (C=O) groups excluding carboxylic acids is 1. The SMILES string of the molecule is COC(=O)c1ccc(=O)n(-c2c(F)cccc2F)c1C. The standard InChI is InChI=1S/C14H11F2NO3/c1-8-9(14(19)20-2)6-7-12(18)17(8)13-10(15)4-3-5-11(13)16/h3-7H,1-2H3. The van der Waals surface area contributed by atoms with Gasteiger partial charge in [0.15, 0.2) is 0 Å². The molecule has 6 heteroatoms. The molecule has 20 heavy (non-hydrogen) atoms. The second kappa shape index (κ2) is 5.24. The van der Waals surface area contributed by atoms with E-state index in [1.165, 1.54) is 26.2 Å². The van der Waals surface area contributed by atoms with Crippen LogP contribution in [0.4, 0.5) is 8.78 Å². The molecule has 0 saturated carbocycles. The van der Waals surface area contributed by atoms with Gasteiger partial charge in [0.2, 0.25) is 0 Å². The van der Waals surface area contributed by atoms with Crippen LogP contribution in [0.1, 0.15) is 16.1 Å². The van der Waals surface area contributed by atoms with Crippen LogP contribution in [0.2, 0.25) is 0 Å². The summed E-state index contributed by atoms with van der Waals surface area (Å²) >= 11 is 0. The number of carbonyl (C=O) groups is 1. The highest BCUT2D eigenvalue weighted by atomic mass is 19.1. The first kappa shape index (κ1) is 13.9. The number of aromatic nitrogens is 1. The number of pyridine rings is 1. The Labute approximate surface area is 113 Å². The lowest BCUT2D eigenvalue weighted by molar-refractivity contribution is 0.0599. The Hall–Kier alpha value is -2.50. The molecule has 0 aliphatic heterocycles. The number of hydrogen-bond acceptors (Lipinski definition) is 3. The summed E-state index contributed by atoms with van der Waals surface area (Å²) in [5, 5.41) is 0. The van der Waals surface area contributed by atoms with Crippen LogP contribution < -0.4 is 5.56 Å². The molecule has 2 rings (SSSR count). The third-order valence-electron chi connectivity index (χ3n) is 2.90. The number of esters is 1. The summed E-state index contributed by atoms with van der Waals surface area (Å²) in [6.07, 6.45) is 0. The summed E-state index contributed by atoms with van der Waals surface area (Å²) in [5.74, 6) is -2.47. The lowest BCUT2D eigenvalue weighted by Gasteiger charge is -2.14. The number of methoxy groups -OCH3 is 1. The molecular formula is C14H11F2NO3. The van der Waals surface area contributed by atoms with E-state index >= 15 is 0 Å². The number of hydrogen-bond donors (Lipinski definition) is 0. The molecule has 0 aliphatic rings. The summed E-state index contributed by atoms with van der Waals surface area (Å²) in [6, 6.07) is 5.59. The average Bonchev–Trinajstić information content (AvgIpc) is 2.41. The Morgan fingerprint density at radius 2 is 1.75 bits per heavy atom. The van der Waals surface area contributed by atoms with Gasteiger partial charge in [0.1, 0.15) is 17.3 Å². The van der Waals surface area contributed by atoms with E-state index in [1.807, 2.05) is 0 Å². The molecule has 4 nitrogen and oxygen atoms in total. The van der Waals surface area contributed by atoms with Gasteiger partial charge in [0, 0.05) is 11.8 Å². The van der Waals surface area contributed by atoms with Crippen LogP contribution in [-0.2, 0) is 4.74 Å². The minimum Gasteiger partial charge on any atom is -0.465 e. The number of nitrogens with zero attached hydrogens (tertiary/aromatic N) is 1. The quantitative estimate of drug-likeness (QED) is 0.792. The number of ether oxygens (including phenoxy) is 1. The normalized spacial score (nSPS) is 10.4. The van der Waals surface area contributed by atoms with Gasteiger partial charge in [-0.15, -0.1) is 0 Å². The van der Waals surface area contributed by atoms with E-state index in [4.69, 9.17) is 0 Å². The Bertz CT molecular complexity index is 717. The van der Waals surface area contributed by atoms with E-state index in [0.29, 0.717) is 0 Å². The van der Waals surface area contributed by atoms with E-state index in [9.17, 15) is 18.4 Å². The van der Waals surface area contributed by atoms with Gasteiger partial charge < -0.3 is 4.74 Å². The zero-order valence-electron chi connectivity index (χ0n) is 10.8. The van der Waals surface area contributed by atoms with Crippen LogP contribution in [-0.4, -0.2) is 17.6 Å². The topological polar surface area (TPSA) is 48.3 Å². The number of halogens is 2. The van der Waals surface area contributed by atoms with E-state index in [0.717, 1.165) is 22.8 Å². The zero-order chi connectivity index (χ0) is 14.9. The smallest absolute Gasteiger partial charge is 0.339 e. The Balaban J connectivity index is 2.81. The minimum atomic E-state index is -0.891. The minimum absolute atomic E-state index is 0.0646. The van der Waals surface area contributed by atoms with Gasteiger partial charge in [-0.3, -0.25) is 9.36 Å². The third kappa shape index (κ3) is 2.20. The summed E-state index contributed by atoms with van der Waals surface area (Å²) in [7, 11) is 1.18. The molecule has 0 bridgehead atoms. The molecule has 104 valence electrons. The predicted molar refractivity (Wildman–Crippen MR) is 68.0 cm³/mol. The third-order valence-corrected chi connectivity index (χ3v) is 2.90. The molecule has 0 radical (unpaired) electrons. The predicted octanol–water partition coefficient (Wildman–Crippen LogP) is 2.21. The number of benzene rings is 1. The molecule has 2 aromatic rings. The molecule has 0 amide bonds. The van der Waals surface area contributed by atoms with Crippen molar-refractivity contribution in [3.8, 4) is 5.69 Å². The molecule has 0 fully saturated rings. The van der Waals surface area contributed by atoms with Gasteiger partial charge in [-0.05, 0) is 25.1 Å². The largest absolute Gasteiger partial charge is 0.465 e. The van der Waals surface area contributed by atoms with Crippen molar-refractivity contribution in [2.24, 2.45) is 0 Å². The molecule has 0 aliphatic carbocycles. The first-order valence-corrected chi connectivity index (χ1v) is 5.72. The van der Waals surface area contributed by atoms with Crippen molar-refractivity contribution >= 4 is 5.97 Å². The second-order valence-electron chi connectivity index (χ2n) is 4.07. The highest BCUT2D eigenvalue weighted by Crippen LogP contribution is 2.19. The van der Waals surface area contributed by atoms with E-state index in [-0.39, 0.29) is 11.3 Å². The Morgan fingerprint density at radius 1 is 1.15 bits per heavy atom. The number of rotatable bonds is 2. The van der Waals surface area contributed by atoms with E-state index < -0.39 is 28.9 Å². The zero-order valence-corrected chi connectivity index (χ0v) is 10.8. The molecule has 0 spiro atoms. The van der Waals surface area contributed by atoms with Crippen molar-refractivity contribution in [1.82, 2.24) is 4.57 Å². The molecule has 0 unspecified atom stereocenters. The summed E-state index contributed by atoms with van der Waals surface area (Å²) in [6.45, 7) is 1.42. The van der Waals surface area contributed by atoms with Crippen LogP contribution in [0, 0.1) is 18.6 Å². The fourth-order valence-corrected chi connectivity index (χ4v) is 1.94. The molecule has 1 aromatic carbocycles. The Kier molecular flexibility index (Phi) is 3.65. The van der Waals surface area contributed by atoms with Gasteiger partial charge >= 0.3 is 5.97 Å². The molecule has 0 atom stereocenters. The molecule has 0 N–H and O–H groups in total. The monoisotopic (exact) mass is 279 g/mol. The fraction of sp³-hybridized carbons (Fsp3) is 0.143. The highest BCUT2D eigenvalue weighted by Gasteiger charge is 2.18. The van der Waals surface area contributed by atoms with Gasteiger partial charge in [-0.1, -0.05) is 6.07 Å². The maximum Gasteiger partial charge on any atom is 0.339 e. The van der Waals surface area contributed by atoms with E-state index in [2.05, 4.69) is 4.74 Å². The number of para-hydroxylation sites is 1. The van der Waals surface area contributed by atoms with Crippen molar-refractivity contribution in [3.63, 3.8) is 0 Å². The first-order chi connectivity index (χ1) is 9.47. The lowest BCUT2D eigenvalue weighted by Crippen LogP contribution is -2.24. The molecule has 1 heterocycles. The molecular weight excluding hydrogens is 268 g/mol. The van der Waals surface area contributed by atoms with Crippen molar-refractivity contribution in [1.29, 1.82) is 0 Å². The summed E-state index contributed by atoms with van der Waals surface area (Å²) in [5.41, 5.74) is -0.983.